The Morgan fingerprint density at radius 1 is 1.13 bits per heavy atom. The first-order valence-corrected chi connectivity index (χ1v) is 14.7. The van der Waals surface area contributed by atoms with Crippen molar-refractivity contribution in [3.05, 3.63) is 81.4 Å². The van der Waals surface area contributed by atoms with Gasteiger partial charge in [0.25, 0.3) is 15.6 Å². The number of nitrogens with zero attached hydrogens (tertiary/aromatic N) is 2. The maximum Gasteiger partial charge on any atom is 0.286 e. The number of benzene rings is 3. The van der Waals surface area contributed by atoms with E-state index in [1.807, 2.05) is 0 Å². The molecule has 11 nitrogen and oxygen atoms in total. The highest BCUT2D eigenvalue weighted by molar-refractivity contribution is 7.92. The van der Waals surface area contributed by atoms with Crippen LogP contribution in [0.5, 0.6) is 5.75 Å². The van der Waals surface area contributed by atoms with Crippen LogP contribution in [-0.2, 0) is 26.6 Å². The van der Waals surface area contributed by atoms with E-state index in [2.05, 4.69) is 14.4 Å². The predicted molar refractivity (Wildman–Crippen MR) is 143 cm³/mol. The predicted octanol–water partition coefficient (Wildman–Crippen LogP) is 3.32. The van der Waals surface area contributed by atoms with Gasteiger partial charge in [0.2, 0.25) is 10.0 Å². The van der Waals surface area contributed by atoms with E-state index in [4.69, 9.17) is 4.42 Å². The number of aromatic hydroxyl groups is 1. The molecule has 1 aliphatic heterocycles. The van der Waals surface area contributed by atoms with Gasteiger partial charge in [0.15, 0.2) is 11.4 Å². The first kappa shape index (κ1) is 24.9. The average molecular weight is 571 g/mol. The first-order chi connectivity index (χ1) is 18.3. The molecule has 14 heteroatoms. The summed E-state index contributed by atoms with van der Waals surface area (Å²) >= 11 is 0. The van der Waals surface area contributed by atoms with E-state index in [1.54, 1.807) is 25.1 Å². The molecular formula is C25H19FN4O7S2. The van der Waals surface area contributed by atoms with Crippen LogP contribution in [-0.4, -0.2) is 38.6 Å². The summed E-state index contributed by atoms with van der Waals surface area (Å²) in [4.78, 5) is 13.5. The maximum absolute atomic E-state index is 13.9. The Morgan fingerprint density at radius 3 is 2.59 bits per heavy atom. The summed E-state index contributed by atoms with van der Waals surface area (Å²) in [5, 5.41) is 14.2. The summed E-state index contributed by atoms with van der Waals surface area (Å²) in [6.45, 7) is 1.56. The number of fused-ring (bicyclic) bond motifs is 6. The molecular weight excluding hydrogens is 551 g/mol. The standard InChI is InChI=1S/C25H19FN4O7S2/c1-12-9-13(3-5-15(12)26)11-30-22-18-8-7-17(37-18)20(22)23(31)21(25(30)32)24-27-16-6-4-14(28-38(2,33)34)10-19(16)39(35,36)29-24/h3-10,28,31H,11H2,1-2H3,(H,27,29). The lowest BCUT2D eigenvalue weighted by Gasteiger charge is -2.21. The summed E-state index contributed by atoms with van der Waals surface area (Å²) in [7, 11) is -8.10. The highest BCUT2D eigenvalue weighted by Gasteiger charge is 2.32. The second-order valence-corrected chi connectivity index (χ2v) is 12.5. The van der Waals surface area contributed by atoms with E-state index in [-0.39, 0.29) is 33.8 Å². The van der Waals surface area contributed by atoms with Crippen LogP contribution in [0.4, 0.5) is 15.8 Å². The number of hydrogen-bond acceptors (Lipinski definition) is 8. The lowest BCUT2D eigenvalue weighted by molar-refractivity contribution is 0.478. The number of halogens is 1. The summed E-state index contributed by atoms with van der Waals surface area (Å²) in [6.07, 6.45) is 0.923. The minimum atomic E-state index is -4.43. The van der Waals surface area contributed by atoms with Crippen LogP contribution in [0.15, 0.2) is 67.0 Å². The minimum Gasteiger partial charge on any atom is -0.506 e. The molecule has 0 aliphatic carbocycles. The summed E-state index contributed by atoms with van der Waals surface area (Å²) in [5.41, 5.74) is 0.751. The van der Waals surface area contributed by atoms with Crippen LogP contribution < -0.4 is 15.6 Å². The number of furan rings is 2. The molecule has 0 saturated carbocycles. The Balaban J connectivity index is 1.54. The third-order valence-corrected chi connectivity index (χ3v) is 8.28. The number of pyridine rings is 1. The van der Waals surface area contributed by atoms with Gasteiger partial charge in [-0.2, -0.15) is 8.42 Å². The van der Waals surface area contributed by atoms with Crippen molar-refractivity contribution in [1.82, 2.24) is 4.57 Å². The van der Waals surface area contributed by atoms with Gasteiger partial charge in [0, 0.05) is 5.69 Å². The van der Waals surface area contributed by atoms with Crippen molar-refractivity contribution in [3.8, 4) is 5.75 Å². The second-order valence-electron chi connectivity index (χ2n) is 9.21. The van der Waals surface area contributed by atoms with Gasteiger partial charge in [-0.1, -0.05) is 12.1 Å². The fourth-order valence-electron chi connectivity index (χ4n) is 4.70. The largest absolute Gasteiger partial charge is 0.506 e. The number of nitrogens with one attached hydrogen (secondary N) is 2. The third-order valence-electron chi connectivity index (χ3n) is 6.35. The lowest BCUT2D eigenvalue weighted by atomic mass is 10.1. The molecule has 200 valence electrons. The number of anilines is 2. The van der Waals surface area contributed by atoms with Crippen molar-refractivity contribution in [1.29, 1.82) is 0 Å². The van der Waals surface area contributed by atoms with Crippen LogP contribution >= 0.6 is 0 Å². The van der Waals surface area contributed by atoms with Gasteiger partial charge in [-0.05, 0) is 54.4 Å². The minimum absolute atomic E-state index is 0.00554. The Kier molecular flexibility index (Phi) is 5.28. The van der Waals surface area contributed by atoms with E-state index in [9.17, 15) is 31.1 Å². The topological polar surface area (TPSA) is 160 Å². The quantitative estimate of drug-likeness (QED) is 0.290. The van der Waals surface area contributed by atoms with E-state index >= 15 is 0 Å². The van der Waals surface area contributed by atoms with Crippen LogP contribution in [0.3, 0.4) is 0 Å². The summed E-state index contributed by atoms with van der Waals surface area (Å²) in [6, 6.07) is 11.4. The SMILES string of the molecule is Cc1cc(Cn2c(=O)c(C3=NS(=O)(=O)c4cc(NS(C)(=O)=O)ccc4N3)c(O)c3c4ccc(o4)c32)ccc1F. The second kappa shape index (κ2) is 8.28. The van der Waals surface area contributed by atoms with Gasteiger partial charge in [-0.25, -0.2) is 12.8 Å². The van der Waals surface area contributed by atoms with Crippen molar-refractivity contribution in [2.45, 2.75) is 18.4 Å². The van der Waals surface area contributed by atoms with Gasteiger partial charge in [-0.15, -0.1) is 4.40 Å². The zero-order valence-corrected chi connectivity index (χ0v) is 21.9. The Labute approximate surface area is 220 Å². The van der Waals surface area contributed by atoms with Gasteiger partial charge in [0.05, 0.1) is 23.9 Å². The van der Waals surface area contributed by atoms with E-state index in [0.29, 0.717) is 22.2 Å². The molecule has 5 aromatic rings. The number of amidine groups is 1. The van der Waals surface area contributed by atoms with Crippen molar-refractivity contribution < 1.29 is 30.7 Å². The fourth-order valence-corrected chi connectivity index (χ4v) is 6.40. The molecule has 0 amide bonds. The first-order valence-electron chi connectivity index (χ1n) is 11.4. The van der Waals surface area contributed by atoms with E-state index < -0.39 is 48.6 Å². The zero-order chi connectivity index (χ0) is 27.9. The Hall–Kier alpha value is -4.43. The number of sulfonamides is 2. The Morgan fingerprint density at radius 2 is 1.87 bits per heavy atom. The normalized spacial score (nSPS) is 14.8. The molecule has 1 aliphatic rings. The van der Waals surface area contributed by atoms with Crippen molar-refractivity contribution in [3.63, 3.8) is 0 Å². The molecule has 3 N–H and O–H groups in total. The number of aromatic nitrogens is 1. The molecule has 0 fully saturated rings. The van der Waals surface area contributed by atoms with Crippen molar-refractivity contribution in [2.75, 3.05) is 16.3 Å². The van der Waals surface area contributed by atoms with Crippen LogP contribution in [0.2, 0.25) is 0 Å². The van der Waals surface area contributed by atoms with Crippen LogP contribution in [0.1, 0.15) is 16.7 Å². The fraction of sp³-hybridized carbons (Fsp3) is 0.120. The molecule has 3 aromatic heterocycles. The Bertz CT molecular complexity index is 2150. The highest BCUT2D eigenvalue weighted by Crippen LogP contribution is 2.39. The molecule has 6 rings (SSSR count). The van der Waals surface area contributed by atoms with Gasteiger partial charge >= 0.3 is 0 Å². The smallest absolute Gasteiger partial charge is 0.286 e. The molecule has 2 aromatic carbocycles. The molecule has 4 heterocycles. The van der Waals surface area contributed by atoms with Gasteiger partial charge in [0.1, 0.15) is 33.1 Å². The number of hydrogen-bond donors (Lipinski definition) is 3. The molecule has 0 unspecified atom stereocenters. The molecule has 0 atom stereocenters. The van der Waals surface area contributed by atoms with Crippen LogP contribution in [0.25, 0.3) is 22.1 Å². The van der Waals surface area contributed by atoms with Crippen LogP contribution in [0, 0.1) is 12.7 Å². The monoisotopic (exact) mass is 570 g/mol. The molecule has 39 heavy (non-hydrogen) atoms. The van der Waals surface area contributed by atoms with E-state index in [0.717, 1.165) is 12.3 Å². The van der Waals surface area contributed by atoms with Crippen molar-refractivity contribution >= 4 is 59.3 Å². The molecule has 0 saturated heterocycles. The average Bonchev–Trinajstić information content (AvgIpc) is 3.46. The maximum atomic E-state index is 13.9. The highest BCUT2D eigenvalue weighted by atomic mass is 32.2. The van der Waals surface area contributed by atoms with Gasteiger partial charge in [-0.3, -0.25) is 14.1 Å². The molecule has 0 spiro atoms. The van der Waals surface area contributed by atoms with Crippen molar-refractivity contribution in [2.24, 2.45) is 4.40 Å². The summed E-state index contributed by atoms with van der Waals surface area (Å²) < 4.78 is 76.2. The van der Waals surface area contributed by atoms with Gasteiger partial charge < -0.3 is 14.8 Å². The lowest BCUT2D eigenvalue weighted by Crippen LogP contribution is -2.33. The number of rotatable bonds is 5. The third kappa shape index (κ3) is 4.08. The van der Waals surface area contributed by atoms with E-state index in [1.165, 1.54) is 28.8 Å². The summed E-state index contributed by atoms with van der Waals surface area (Å²) in [5.74, 6) is -1.34. The zero-order valence-electron chi connectivity index (χ0n) is 20.3. The molecule has 2 bridgehead atoms. The molecule has 0 radical (unpaired) electrons. The number of aryl methyl sites for hydroxylation is 1.